The van der Waals surface area contributed by atoms with Crippen LogP contribution in [0.25, 0.3) is 11.0 Å². The Hall–Kier alpha value is -2.77. The number of benzene rings is 1. The molecule has 8 heteroatoms. The van der Waals surface area contributed by atoms with Gasteiger partial charge in [-0.15, -0.1) is 10.2 Å². The summed E-state index contributed by atoms with van der Waals surface area (Å²) in [6.45, 7) is 1.76. The highest BCUT2D eigenvalue weighted by atomic mass is 16.2. The van der Waals surface area contributed by atoms with Crippen molar-refractivity contribution in [3.63, 3.8) is 0 Å². The number of hydrogen-bond donors (Lipinski definition) is 0. The van der Waals surface area contributed by atoms with Crippen molar-refractivity contribution in [1.82, 2.24) is 34.7 Å². The smallest absolute Gasteiger partial charge is 0.246 e. The molecule has 0 radical (unpaired) electrons. The lowest BCUT2D eigenvalue weighted by atomic mass is 9.93. The topological polar surface area (TPSA) is 81.7 Å². The van der Waals surface area contributed by atoms with Crippen molar-refractivity contribution >= 4 is 16.9 Å². The number of hydrogen-bond acceptors (Lipinski definition) is 5. The van der Waals surface area contributed by atoms with E-state index in [4.69, 9.17) is 0 Å². The summed E-state index contributed by atoms with van der Waals surface area (Å²) in [5.41, 5.74) is 1.63. The number of nitrogens with zero attached hydrogens (tertiary/aromatic N) is 7. The zero-order valence-corrected chi connectivity index (χ0v) is 14.2. The Bertz CT molecular complexity index is 843. The molecular weight excluding hydrogens is 318 g/mol. The minimum Gasteiger partial charge on any atom is -0.341 e. The number of rotatable bonds is 4. The van der Waals surface area contributed by atoms with Crippen LogP contribution in [0.2, 0.25) is 0 Å². The van der Waals surface area contributed by atoms with Gasteiger partial charge < -0.3 is 9.47 Å². The lowest BCUT2D eigenvalue weighted by molar-refractivity contribution is -0.133. The van der Waals surface area contributed by atoms with E-state index >= 15 is 0 Å². The molecule has 1 aliphatic heterocycles. The molecule has 3 heterocycles. The molecule has 0 N–H and O–H groups in total. The first kappa shape index (κ1) is 15.7. The number of carbonyl (C=O) groups excluding carboxylic acids is 1. The Morgan fingerprint density at radius 2 is 1.84 bits per heavy atom. The molecule has 1 aromatic carbocycles. The second-order valence-electron chi connectivity index (χ2n) is 6.61. The maximum atomic E-state index is 12.5. The summed E-state index contributed by atoms with van der Waals surface area (Å²) < 4.78 is 1.96. The average molecular weight is 339 g/mol. The predicted molar refractivity (Wildman–Crippen MR) is 91.5 cm³/mol. The Kier molecular flexibility index (Phi) is 4.17. The summed E-state index contributed by atoms with van der Waals surface area (Å²) in [6, 6.07) is 7.65. The third-order valence-electron chi connectivity index (χ3n) is 4.85. The molecule has 0 unspecified atom stereocenters. The molecule has 130 valence electrons. The van der Waals surface area contributed by atoms with Gasteiger partial charge in [0.2, 0.25) is 5.91 Å². The molecule has 8 nitrogen and oxygen atoms in total. The Labute approximate surface area is 145 Å². The van der Waals surface area contributed by atoms with Crippen LogP contribution in [-0.2, 0) is 24.8 Å². The van der Waals surface area contributed by atoms with Crippen LogP contribution in [-0.4, -0.2) is 53.7 Å². The summed E-state index contributed by atoms with van der Waals surface area (Å²) in [4.78, 5) is 15.9. The van der Waals surface area contributed by atoms with Crippen LogP contribution < -0.4 is 0 Å². The monoisotopic (exact) mass is 339 g/mol. The fraction of sp³-hybridized carbons (Fsp3) is 0.471. The maximum absolute atomic E-state index is 12.5. The molecule has 1 saturated heterocycles. The van der Waals surface area contributed by atoms with Gasteiger partial charge in [-0.05, 0) is 30.9 Å². The number of aromatic nitrogens is 6. The van der Waals surface area contributed by atoms with Gasteiger partial charge in [0.05, 0.1) is 0 Å². The predicted octanol–water partition coefficient (Wildman–Crippen LogP) is 1.04. The summed E-state index contributed by atoms with van der Waals surface area (Å²) in [6.07, 6.45) is 4.64. The highest BCUT2D eigenvalue weighted by Crippen LogP contribution is 2.21. The van der Waals surface area contributed by atoms with Crippen LogP contribution in [0.3, 0.4) is 0 Å². The molecule has 25 heavy (non-hydrogen) atoms. The van der Waals surface area contributed by atoms with Gasteiger partial charge in [0, 0.05) is 26.6 Å². The van der Waals surface area contributed by atoms with Crippen LogP contribution in [0, 0.1) is 5.92 Å². The first-order chi connectivity index (χ1) is 12.2. The molecular formula is C17H21N7O. The van der Waals surface area contributed by atoms with Gasteiger partial charge in [-0.3, -0.25) is 4.79 Å². The summed E-state index contributed by atoms with van der Waals surface area (Å²) in [7, 11) is 1.97. The molecule has 3 aromatic rings. The molecule has 0 spiro atoms. The second-order valence-corrected chi connectivity index (χ2v) is 6.61. The molecule has 1 aliphatic rings. The molecule has 0 atom stereocenters. The average Bonchev–Trinajstić information content (AvgIpc) is 3.21. The van der Waals surface area contributed by atoms with E-state index < -0.39 is 0 Å². The van der Waals surface area contributed by atoms with E-state index in [1.54, 1.807) is 6.33 Å². The first-order valence-corrected chi connectivity index (χ1v) is 8.59. The third-order valence-corrected chi connectivity index (χ3v) is 4.85. The van der Waals surface area contributed by atoms with Gasteiger partial charge in [0.1, 0.15) is 29.7 Å². The number of fused-ring (bicyclic) bond motifs is 1. The Balaban J connectivity index is 1.32. The molecule has 2 aromatic heterocycles. The first-order valence-electron chi connectivity index (χ1n) is 8.59. The minimum atomic E-state index is 0.0809. The molecule has 1 fully saturated rings. The van der Waals surface area contributed by atoms with Crippen molar-refractivity contribution < 1.29 is 4.79 Å². The van der Waals surface area contributed by atoms with Crippen LogP contribution >= 0.6 is 0 Å². The Morgan fingerprint density at radius 3 is 2.44 bits per heavy atom. The van der Waals surface area contributed by atoms with E-state index in [1.807, 2.05) is 40.8 Å². The fourth-order valence-electron chi connectivity index (χ4n) is 3.33. The van der Waals surface area contributed by atoms with Crippen molar-refractivity contribution in [2.24, 2.45) is 13.0 Å². The van der Waals surface area contributed by atoms with Gasteiger partial charge in [-0.25, -0.2) is 0 Å². The zero-order valence-electron chi connectivity index (χ0n) is 14.2. The van der Waals surface area contributed by atoms with Crippen LogP contribution in [0.15, 0.2) is 30.6 Å². The quantitative estimate of drug-likeness (QED) is 0.709. The highest BCUT2D eigenvalue weighted by Gasteiger charge is 2.24. The SMILES string of the molecule is Cn1cnnc1CC1CCN(C(=O)Cn2nc3ccccc3n2)CC1. The minimum absolute atomic E-state index is 0.0809. The van der Waals surface area contributed by atoms with E-state index in [9.17, 15) is 4.79 Å². The van der Waals surface area contributed by atoms with Gasteiger partial charge in [0.25, 0.3) is 0 Å². The van der Waals surface area contributed by atoms with E-state index in [2.05, 4.69) is 20.4 Å². The maximum Gasteiger partial charge on any atom is 0.246 e. The van der Waals surface area contributed by atoms with E-state index in [0.29, 0.717) is 5.92 Å². The van der Waals surface area contributed by atoms with Gasteiger partial charge >= 0.3 is 0 Å². The standard InChI is InChI=1S/C17H21N7O/c1-22-12-18-19-16(22)10-13-6-8-23(9-7-13)17(25)11-24-20-14-4-2-3-5-15(14)21-24/h2-5,12-13H,6-11H2,1H3. The third kappa shape index (κ3) is 3.38. The lowest BCUT2D eigenvalue weighted by Crippen LogP contribution is -2.41. The molecule has 0 bridgehead atoms. The van der Waals surface area contributed by atoms with Crippen molar-refractivity contribution in [2.45, 2.75) is 25.8 Å². The van der Waals surface area contributed by atoms with Crippen LogP contribution in [0.1, 0.15) is 18.7 Å². The van der Waals surface area contributed by atoms with Crippen molar-refractivity contribution in [3.05, 3.63) is 36.4 Å². The van der Waals surface area contributed by atoms with Gasteiger partial charge in [0.15, 0.2) is 0 Å². The highest BCUT2D eigenvalue weighted by molar-refractivity contribution is 5.77. The summed E-state index contributed by atoms with van der Waals surface area (Å²) >= 11 is 0. The molecule has 4 rings (SSSR count). The van der Waals surface area contributed by atoms with Gasteiger partial charge in [-0.1, -0.05) is 12.1 Å². The summed E-state index contributed by atoms with van der Waals surface area (Å²) in [5, 5.41) is 16.8. The van der Waals surface area contributed by atoms with Crippen LogP contribution in [0.5, 0.6) is 0 Å². The normalized spacial score (nSPS) is 15.8. The zero-order chi connectivity index (χ0) is 17.2. The molecule has 0 aliphatic carbocycles. The van der Waals surface area contributed by atoms with Gasteiger partial charge in [-0.2, -0.15) is 15.0 Å². The van der Waals surface area contributed by atoms with Crippen molar-refractivity contribution in [1.29, 1.82) is 0 Å². The van der Waals surface area contributed by atoms with Crippen LogP contribution in [0.4, 0.5) is 0 Å². The number of carbonyl (C=O) groups is 1. The summed E-state index contributed by atoms with van der Waals surface area (Å²) in [5.74, 6) is 1.65. The number of piperidine rings is 1. The van der Waals surface area contributed by atoms with E-state index in [0.717, 1.165) is 49.2 Å². The second kappa shape index (κ2) is 6.62. The number of likely N-dealkylation sites (tertiary alicyclic amines) is 1. The Morgan fingerprint density at radius 1 is 1.16 bits per heavy atom. The molecule has 1 amide bonds. The molecule has 0 saturated carbocycles. The largest absolute Gasteiger partial charge is 0.341 e. The fourth-order valence-corrected chi connectivity index (χ4v) is 3.33. The van der Waals surface area contributed by atoms with Crippen molar-refractivity contribution in [2.75, 3.05) is 13.1 Å². The van der Waals surface area contributed by atoms with E-state index in [-0.39, 0.29) is 12.5 Å². The number of amides is 1. The van der Waals surface area contributed by atoms with E-state index in [1.165, 1.54) is 4.80 Å². The number of aryl methyl sites for hydroxylation is 1. The lowest BCUT2D eigenvalue weighted by Gasteiger charge is -2.31. The van der Waals surface area contributed by atoms with Crippen molar-refractivity contribution in [3.8, 4) is 0 Å².